The maximum atomic E-state index is 5.40. The van der Waals surface area contributed by atoms with E-state index in [1.807, 2.05) is 36.4 Å². The number of fused-ring (bicyclic) bond motifs is 1. The minimum Gasteiger partial charge on any atom is -0.496 e. The van der Waals surface area contributed by atoms with Crippen LogP contribution in [0, 0.1) is 0 Å². The maximum absolute atomic E-state index is 5.40. The molecule has 0 aliphatic rings. The number of hydrogen-bond acceptors (Lipinski definition) is 6. The second-order valence-electron chi connectivity index (χ2n) is 4.57. The Morgan fingerprint density at radius 1 is 1.09 bits per heavy atom. The van der Waals surface area contributed by atoms with E-state index < -0.39 is 0 Å². The maximum Gasteiger partial charge on any atom is 0.235 e. The number of rotatable bonds is 3. The monoisotopic (exact) mass is 309 g/mol. The van der Waals surface area contributed by atoms with Crippen LogP contribution >= 0.6 is 11.3 Å². The summed E-state index contributed by atoms with van der Waals surface area (Å²) in [5.74, 6) is 1.47. The molecule has 0 aliphatic heterocycles. The van der Waals surface area contributed by atoms with Gasteiger partial charge in [0.2, 0.25) is 4.96 Å². The zero-order valence-electron chi connectivity index (χ0n) is 11.7. The van der Waals surface area contributed by atoms with Crippen LogP contribution in [0.5, 0.6) is 5.75 Å². The number of para-hydroxylation sites is 1. The van der Waals surface area contributed by atoms with Crippen LogP contribution in [0.1, 0.15) is 0 Å². The van der Waals surface area contributed by atoms with Gasteiger partial charge in [0, 0.05) is 18.0 Å². The van der Waals surface area contributed by atoms with Crippen LogP contribution in [-0.2, 0) is 0 Å². The molecule has 4 aromatic rings. The molecule has 0 atom stereocenters. The summed E-state index contributed by atoms with van der Waals surface area (Å²) >= 11 is 1.47. The average Bonchev–Trinajstić information content (AvgIpc) is 3.16. The molecule has 7 heteroatoms. The Kier molecular flexibility index (Phi) is 3.05. The summed E-state index contributed by atoms with van der Waals surface area (Å²) in [4.78, 5) is 4.85. The Morgan fingerprint density at radius 2 is 2.00 bits per heavy atom. The first-order valence-corrected chi connectivity index (χ1v) is 7.44. The van der Waals surface area contributed by atoms with Crippen molar-refractivity contribution in [1.82, 2.24) is 24.8 Å². The third-order valence-corrected chi connectivity index (χ3v) is 4.18. The van der Waals surface area contributed by atoms with E-state index in [4.69, 9.17) is 4.74 Å². The molecule has 0 fully saturated rings. The van der Waals surface area contributed by atoms with Crippen molar-refractivity contribution in [2.24, 2.45) is 0 Å². The van der Waals surface area contributed by atoms with E-state index in [2.05, 4.69) is 20.3 Å². The van der Waals surface area contributed by atoms with Crippen molar-refractivity contribution in [3.63, 3.8) is 0 Å². The molecule has 0 saturated carbocycles. The summed E-state index contributed by atoms with van der Waals surface area (Å²) in [6.07, 6.45) is 3.47. The van der Waals surface area contributed by atoms with E-state index in [0.717, 1.165) is 26.8 Å². The standard InChI is InChI=1S/C15H11N5OS/c1-21-12-7-3-2-6-11(12)14-19-20-13(17-18-15(20)22-14)10-5-4-8-16-9-10/h2-9H,1H3. The molecule has 0 aliphatic carbocycles. The summed E-state index contributed by atoms with van der Waals surface area (Å²) in [7, 11) is 1.65. The Labute approximate surface area is 130 Å². The number of aromatic nitrogens is 5. The summed E-state index contributed by atoms with van der Waals surface area (Å²) in [6.45, 7) is 0. The van der Waals surface area contributed by atoms with Gasteiger partial charge in [-0.15, -0.1) is 10.2 Å². The topological polar surface area (TPSA) is 65.2 Å². The van der Waals surface area contributed by atoms with E-state index in [1.165, 1.54) is 11.3 Å². The van der Waals surface area contributed by atoms with Gasteiger partial charge in [0.1, 0.15) is 5.75 Å². The molecule has 0 unspecified atom stereocenters. The fourth-order valence-corrected chi connectivity index (χ4v) is 3.09. The summed E-state index contributed by atoms with van der Waals surface area (Å²) in [5, 5.41) is 13.9. The van der Waals surface area contributed by atoms with Gasteiger partial charge in [0.15, 0.2) is 10.8 Å². The van der Waals surface area contributed by atoms with Gasteiger partial charge in [0.05, 0.1) is 12.7 Å². The van der Waals surface area contributed by atoms with Crippen molar-refractivity contribution < 1.29 is 4.74 Å². The molecule has 0 bridgehead atoms. The molecule has 22 heavy (non-hydrogen) atoms. The normalized spacial score (nSPS) is 11.0. The Hall–Kier alpha value is -2.80. The first-order chi connectivity index (χ1) is 10.9. The molecular formula is C15H11N5OS. The van der Waals surface area contributed by atoms with Gasteiger partial charge in [-0.2, -0.15) is 9.61 Å². The smallest absolute Gasteiger partial charge is 0.235 e. The second-order valence-corrected chi connectivity index (χ2v) is 5.52. The molecule has 108 valence electrons. The highest BCUT2D eigenvalue weighted by Crippen LogP contribution is 2.33. The van der Waals surface area contributed by atoms with Gasteiger partial charge in [-0.3, -0.25) is 4.98 Å². The molecular weight excluding hydrogens is 298 g/mol. The highest BCUT2D eigenvalue weighted by atomic mass is 32.1. The van der Waals surface area contributed by atoms with Crippen molar-refractivity contribution in [1.29, 1.82) is 0 Å². The quantitative estimate of drug-likeness (QED) is 0.582. The molecule has 3 heterocycles. The lowest BCUT2D eigenvalue weighted by Gasteiger charge is -2.04. The summed E-state index contributed by atoms with van der Waals surface area (Å²) < 4.78 is 7.14. The lowest BCUT2D eigenvalue weighted by Crippen LogP contribution is -1.92. The van der Waals surface area contributed by atoms with Gasteiger partial charge >= 0.3 is 0 Å². The van der Waals surface area contributed by atoms with Crippen LogP contribution in [-0.4, -0.2) is 31.9 Å². The largest absolute Gasteiger partial charge is 0.496 e. The predicted molar refractivity (Wildman–Crippen MR) is 83.9 cm³/mol. The lowest BCUT2D eigenvalue weighted by atomic mass is 10.2. The number of ether oxygens (including phenoxy) is 1. The fraction of sp³-hybridized carbons (Fsp3) is 0.0667. The number of benzene rings is 1. The van der Waals surface area contributed by atoms with Gasteiger partial charge in [-0.25, -0.2) is 0 Å². The van der Waals surface area contributed by atoms with Crippen molar-refractivity contribution in [2.45, 2.75) is 0 Å². The molecule has 0 amide bonds. The van der Waals surface area contributed by atoms with Crippen molar-refractivity contribution in [3.8, 4) is 27.7 Å². The highest BCUT2D eigenvalue weighted by Gasteiger charge is 2.16. The van der Waals surface area contributed by atoms with Crippen molar-refractivity contribution in [3.05, 3.63) is 48.8 Å². The first kappa shape index (κ1) is 12.9. The molecule has 0 N–H and O–H groups in total. The van der Waals surface area contributed by atoms with Crippen LogP contribution in [0.25, 0.3) is 26.9 Å². The van der Waals surface area contributed by atoms with Crippen molar-refractivity contribution in [2.75, 3.05) is 7.11 Å². The van der Waals surface area contributed by atoms with Crippen LogP contribution < -0.4 is 4.74 Å². The van der Waals surface area contributed by atoms with Gasteiger partial charge in [0.25, 0.3) is 0 Å². The average molecular weight is 309 g/mol. The van der Waals surface area contributed by atoms with Crippen LogP contribution in [0.2, 0.25) is 0 Å². The Morgan fingerprint density at radius 3 is 2.82 bits per heavy atom. The highest BCUT2D eigenvalue weighted by molar-refractivity contribution is 7.19. The van der Waals surface area contributed by atoms with Crippen LogP contribution in [0.4, 0.5) is 0 Å². The lowest BCUT2D eigenvalue weighted by molar-refractivity contribution is 0.416. The van der Waals surface area contributed by atoms with Crippen LogP contribution in [0.3, 0.4) is 0 Å². The van der Waals surface area contributed by atoms with Gasteiger partial charge in [-0.05, 0) is 24.3 Å². The SMILES string of the molecule is COc1ccccc1-c1nn2c(-c3cccnc3)nnc2s1. The Bertz CT molecular complexity index is 931. The first-order valence-electron chi connectivity index (χ1n) is 6.63. The molecule has 3 aromatic heterocycles. The van der Waals surface area contributed by atoms with E-state index in [1.54, 1.807) is 24.0 Å². The van der Waals surface area contributed by atoms with E-state index in [-0.39, 0.29) is 0 Å². The fourth-order valence-electron chi connectivity index (χ4n) is 2.22. The zero-order valence-corrected chi connectivity index (χ0v) is 12.5. The van der Waals surface area contributed by atoms with Gasteiger partial charge < -0.3 is 4.74 Å². The number of nitrogens with zero attached hydrogens (tertiary/aromatic N) is 5. The summed E-state index contributed by atoms with van der Waals surface area (Å²) in [5.41, 5.74) is 1.82. The van der Waals surface area contributed by atoms with Crippen molar-refractivity contribution >= 4 is 16.3 Å². The van der Waals surface area contributed by atoms with E-state index in [0.29, 0.717) is 5.82 Å². The van der Waals surface area contributed by atoms with Gasteiger partial charge in [-0.1, -0.05) is 23.5 Å². The van der Waals surface area contributed by atoms with Crippen LogP contribution in [0.15, 0.2) is 48.8 Å². The molecule has 1 aromatic carbocycles. The minimum absolute atomic E-state index is 0.681. The summed E-state index contributed by atoms with van der Waals surface area (Å²) in [6, 6.07) is 11.6. The molecule has 4 rings (SSSR count). The second kappa shape index (κ2) is 5.19. The molecule has 6 nitrogen and oxygen atoms in total. The third-order valence-electron chi connectivity index (χ3n) is 3.25. The molecule has 0 radical (unpaired) electrons. The molecule has 0 saturated heterocycles. The number of methoxy groups -OCH3 is 1. The Balaban J connectivity index is 1.87. The van der Waals surface area contributed by atoms with E-state index in [9.17, 15) is 0 Å². The zero-order chi connectivity index (χ0) is 14.9. The number of hydrogen-bond donors (Lipinski definition) is 0. The minimum atomic E-state index is 0.681. The predicted octanol–water partition coefficient (Wildman–Crippen LogP) is 2.92. The van der Waals surface area contributed by atoms with E-state index >= 15 is 0 Å². The third kappa shape index (κ3) is 2.03. The number of pyridine rings is 1. The molecule has 0 spiro atoms.